The molecule has 0 bridgehead atoms. The van der Waals surface area contributed by atoms with E-state index in [2.05, 4.69) is 0 Å². The number of hydrogen-bond acceptors (Lipinski definition) is 8. The number of ether oxygens (including phenoxy) is 3. The number of hydrazine groups is 1. The van der Waals surface area contributed by atoms with Crippen LogP contribution in [0.2, 0.25) is 0 Å². The van der Waals surface area contributed by atoms with Crippen molar-refractivity contribution in [1.29, 1.82) is 0 Å². The van der Waals surface area contributed by atoms with Gasteiger partial charge in [0.2, 0.25) is 0 Å². The Morgan fingerprint density at radius 1 is 0.971 bits per heavy atom. The zero-order valence-electron chi connectivity index (χ0n) is 24.0. The first-order chi connectivity index (χ1) is 16.4. The van der Waals surface area contributed by atoms with Gasteiger partial charge in [-0.05, 0) is 26.2 Å². The minimum Gasteiger partial charge on any atom is -0.461 e. The zero-order valence-corrected chi connectivity index (χ0v) is 24.0. The largest absolute Gasteiger partial charge is 0.461 e. The molecule has 1 amide bonds. The fourth-order valence-electron chi connectivity index (χ4n) is 4.33. The minimum atomic E-state index is -1.31. The van der Waals surface area contributed by atoms with Crippen molar-refractivity contribution in [1.82, 2.24) is 5.01 Å². The van der Waals surface area contributed by atoms with Crippen LogP contribution in [0.3, 0.4) is 0 Å². The van der Waals surface area contributed by atoms with E-state index in [9.17, 15) is 19.2 Å². The molecule has 2 N–H and O–H groups in total. The lowest BCUT2D eigenvalue weighted by Gasteiger charge is -2.35. The molecule has 7 atom stereocenters. The third-order valence-electron chi connectivity index (χ3n) is 6.25. The van der Waals surface area contributed by atoms with E-state index in [1.165, 1.54) is 14.0 Å². The van der Waals surface area contributed by atoms with Gasteiger partial charge in [0.1, 0.15) is 30.1 Å². The summed E-state index contributed by atoms with van der Waals surface area (Å²) >= 11 is 0. The van der Waals surface area contributed by atoms with Crippen LogP contribution >= 0.6 is 0 Å². The summed E-state index contributed by atoms with van der Waals surface area (Å²) < 4.78 is 16.2. The lowest BCUT2D eigenvalue weighted by molar-refractivity contribution is -0.158. The smallest absolute Gasteiger partial charge is 0.425 e. The van der Waals surface area contributed by atoms with E-state index in [1.54, 1.807) is 20.8 Å². The van der Waals surface area contributed by atoms with Gasteiger partial charge in [0.15, 0.2) is 5.60 Å². The van der Waals surface area contributed by atoms with Gasteiger partial charge in [0.25, 0.3) is 0 Å². The Labute approximate surface area is 212 Å². The molecular weight excluding hydrogens is 452 g/mol. The highest BCUT2D eigenvalue weighted by Gasteiger charge is 2.55. The molecule has 0 saturated carbocycles. The number of cyclic esters (lactones) is 1. The molecule has 2 heterocycles. The highest BCUT2D eigenvalue weighted by molar-refractivity contribution is 5.98. The summed E-state index contributed by atoms with van der Waals surface area (Å²) in [6.45, 7) is 20.1. The lowest BCUT2D eigenvalue weighted by Crippen LogP contribution is -2.55. The number of Topliss-reactive ketones (excluding diaryl/α,β-unsaturated/α-hetero) is 2. The maximum Gasteiger partial charge on any atom is 0.425 e. The van der Waals surface area contributed by atoms with Gasteiger partial charge in [-0.2, -0.15) is 0 Å². The Hall–Kier alpha value is -2.00. The van der Waals surface area contributed by atoms with Crippen molar-refractivity contribution in [3.8, 4) is 0 Å². The number of nitrogens with two attached hydrogens (primary N) is 1. The highest BCUT2D eigenvalue weighted by atomic mass is 16.6. The van der Waals surface area contributed by atoms with Gasteiger partial charge in [0, 0.05) is 25.4 Å². The van der Waals surface area contributed by atoms with Gasteiger partial charge in [0.05, 0.1) is 6.10 Å². The first-order valence-electron chi connectivity index (χ1n) is 13.0. The predicted molar refractivity (Wildman–Crippen MR) is 136 cm³/mol. The first-order valence-corrected chi connectivity index (χ1v) is 13.0. The van der Waals surface area contributed by atoms with Crippen LogP contribution in [0.25, 0.3) is 0 Å². The maximum absolute atomic E-state index is 13.1. The summed E-state index contributed by atoms with van der Waals surface area (Å²) in [5.74, 6) is 2.66. The van der Waals surface area contributed by atoms with Crippen molar-refractivity contribution in [3.63, 3.8) is 0 Å². The maximum atomic E-state index is 13.1. The van der Waals surface area contributed by atoms with Gasteiger partial charge in [-0.3, -0.25) is 14.4 Å². The van der Waals surface area contributed by atoms with Crippen LogP contribution in [-0.2, 0) is 28.6 Å². The highest BCUT2D eigenvalue weighted by Crippen LogP contribution is 2.35. The van der Waals surface area contributed by atoms with E-state index in [4.69, 9.17) is 20.1 Å². The van der Waals surface area contributed by atoms with E-state index in [0.29, 0.717) is 6.42 Å². The molecule has 35 heavy (non-hydrogen) atoms. The molecule has 9 nitrogen and oxygen atoms in total. The van der Waals surface area contributed by atoms with Crippen molar-refractivity contribution >= 4 is 23.6 Å². The van der Waals surface area contributed by atoms with Crippen LogP contribution in [0, 0.1) is 23.7 Å². The number of esters is 1. The van der Waals surface area contributed by atoms with Crippen LogP contribution < -0.4 is 5.84 Å². The van der Waals surface area contributed by atoms with E-state index in [0.717, 1.165) is 5.01 Å². The van der Waals surface area contributed by atoms with Crippen LogP contribution in [0.5, 0.6) is 0 Å². The molecular formula is C26H50N2O7. The first kappa shape index (κ1) is 35.2. The van der Waals surface area contributed by atoms with E-state index in [1.807, 2.05) is 48.5 Å². The van der Waals surface area contributed by atoms with Crippen molar-refractivity contribution in [2.24, 2.45) is 29.5 Å². The molecule has 0 aromatic rings. The van der Waals surface area contributed by atoms with Crippen LogP contribution in [0.1, 0.15) is 89.0 Å². The fourth-order valence-corrected chi connectivity index (χ4v) is 4.33. The summed E-state index contributed by atoms with van der Waals surface area (Å²) in [6, 6.07) is -0.815. The monoisotopic (exact) mass is 502 g/mol. The van der Waals surface area contributed by atoms with Crippen molar-refractivity contribution in [2.75, 3.05) is 13.7 Å². The average Bonchev–Trinajstić information content (AvgIpc) is 3.10. The molecule has 206 valence electrons. The van der Waals surface area contributed by atoms with E-state index in [-0.39, 0.29) is 42.5 Å². The SMILES string of the molecule is CC.CC.CC.COC1C[C@@H](C)C(=O)C(C)C2N(N)C(=O)O[C@]2(C)COC(=O)C(C)C(=O)C[C@H]1C. The number of methoxy groups -OCH3 is 1. The Balaban J connectivity index is 0. The molecule has 9 heteroatoms. The molecule has 2 fully saturated rings. The number of hydrogen-bond donors (Lipinski definition) is 1. The summed E-state index contributed by atoms with van der Waals surface area (Å²) in [5, 5.41) is 0.889. The van der Waals surface area contributed by atoms with Crippen LogP contribution in [0.4, 0.5) is 4.79 Å². The molecule has 0 aliphatic carbocycles. The number of amides is 1. The molecule has 0 spiro atoms. The summed E-state index contributed by atoms with van der Waals surface area (Å²) in [5.41, 5.74) is -1.31. The van der Waals surface area contributed by atoms with E-state index < -0.39 is 35.5 Å². The van der Waals surface area contributed by atoms with Gasteiger partial charge in [-0.25, -0.2) is 15.6 Å². The van der Waals surface area contributed by atoms with Gasteiger partial charge in [-0.1, -0.05) is 62.3 Å². The van der Waals surface area contributed by atoms with Crippen molar-refractivity contribution < 1.29 is 33.4 Å². The van der Waals surface area contributed by atoms with Gasteiger partial charge < -0.3 is 14.2 Å². The number of fused-ring (bicyclic) bond motifs is 1. The number of rotatable bonds is 1. The van der Waals surface area contributed by atoms with E-state index >= 15 is 0 Å². The Morgan fingerprint density at radius 2 is 1.49 bits per heavy atom. The second-order valence-electron chi connectivity index (χ2n) is 8.61. The van der Waals surface area contributed by atoms with Gasteiger partial charge >= 0.3 is 12.1 Å². The molecule has 2 aliphatic rings. The third kappa shape index (κ3) is 8.86. The Kier molecular flexibility index (Phi) is 16.7. The van der Waals surface area contributed by atoms with Crippen LogP contribution in [-0.4, -0.2) is 60.1 Å². The molecule has 2 aliphatic heterocycles. The lowest BCUT2D eigenvalue weighted by atomic mass is 9.79. The minimum absolute atomic E-state index is 0.104. The second-order valence-corrected chi connectivity index (χ2v) is 8.61. The Bertz CT molecular complexity index is 685. The molecule has 0 aromatic heterocycles. The molecule has 0 radical (unpaired) electrons. The molecule has 2 saturated heterocycles. The quantitative estimate of drug-likeness (QED) is 0.239. The summed E-state index contributed by atoms with van der Waals surface area (Å²) in [6.07, 6.45) is -0.581. The second kappa shape index (κ2) is 16.6. The van der Waals surface area contributed by atoms with Crippen molar-refractivity contribution in [2.45, 2.75) is 107 Å². The molecule has 2 rings (SSSR count). The van der Waals surface area contributed by atoms with Gasteiger partial charge in [-0.15, -0.1) is 0 Å². The molecule has 0 aromatic carbocycles. The number of carbonyl (C=O) groups is 4. The number of ketones is 2. The average molecular weight is 503 g/mol. The number of carbonyl (C=O) groups excluding carboxylic acids is 4. The van der Waals surface area contributed by atoms with Crippen molar-refractivity contribution in [3.05, 3.63) is 0 Å². The summed E-state index contributed by atoms with van der Waals surface area (Å²) in [7, 11) is 1.54. The molecule has 4 unspecified atom stereocenters. The number of nitrogens with zero attached hydrogens (tertiary/aromatic N) is 1. The third-order valence-corrected chi connectivity index (χ3v) is 6.25. The normalized spacial score (nSPS) is 33.8. The summed E-state index contributed by atoms with van der Waals surface area (Å²) in [4.78, 5) is 50.2. The topological polar surface area (TPSA) is 125 Å². The predicted octanol–water partition coefficient (Wildman–Crippen LogP) is 4.55. The standard InChI is InChI=1S/C20H32N2O7.3C2H6/c1-10-7-14(23)12(3)18(25)28-9-20(5)17(22(21)19(26)29-20)13(4)16(24)11(2)8-15(10)27-6;3*1-2/h10-13,15,17H,7-9,21H2,1-6H3;3*1-2H3/t10-,11-,12?,13?,15?,17?,20-;;;/m1.../s1. The zero-order chi connectivity index (χ0) is 28.1. The Morgan fingerprint density at radius 3 is 1.97 bits per heavy atom. The fraction of sp³-hybridized carbons (Fsp3) is 0.846. The van der Waals surface area contributed by atoms with Crippen LogP contribution in [0.15, 0.2) is 0 Å².